The number of anilines is 4. The van der Waals surface area contributed by atoms with Crippen LogP contribution in [0.1, 0.15) is 117 Å². The predicted octanol–water partition coefficient (Wildman–Crippen LogP) is 21.3. The summed E-state index contributed by atoms with van der Waals surface area (Å²) < 4.78 is 96.8. The molecule has 12 aromatic carbocycles. The Balaban J connectivity index is 0.000000128. The second kappa shape index (κ2) is 43.5. The molecule has 4 heterocycles. The van der Waals surface area contributed by atoms with Gasteiger partial charge in [-0.05, 0) is 290 Å². The molecule has 20 nitrogen and oxygen atoms in total. The third-order valence-corrected chi connectivity index (χ3v) is 25.1. The number of rotatable bonds is 23. The Labute approximate surface area is 809 Å². The number of aromatic nitrogens is 8. The second-order valence-electron chi connectivity index (χ2n) is 34.0. The van der Waals surface area contributed by atoms with Crippen molar-refractivity contribution in [1.82, 2.24) is 39.9 Å². The molecule has 8 N–H and O–H groups in total. The molecule has 4 amide bonds. The highest BCUT2D eigenvalue weighted by Crippen LogP contribution is 2.41. The van der Waals surface area contributed by atoms with Gasteiger partial charge in [-0.3, -0.25) is 19.2 Å². The highest BCUT2D eigenvalue weighted by atomic mass is 127. The third-order valence-electron chi connectivity index (χ3n) is 24.3. The van der Waals surface area contributed by atoms with Crippen molar-refractivity contribution in [3.63, 3.8) is 0 Å². The first-order chi connectivity index (χ1) is 67.4. The van der Waals surface area contributed by atoms with E-state index in [2.05, 4.69) is 73.1 Å². The lowest BCUT2D eigenvalue weighted by Crippen LogP contribution is -2.22. The molecule has 139 heavy (non-hydrogen) atoms. The van der Waals surface area contributed by atoms with Gasteiger partial charge in [-0.1, -0.05) is 158 Å². The topological polar surface area (TPSA) is 300 Å². The van der Waals surface area contributed by atoms with Crippen molar-refractivity contribution in [3.8, 4) is 68.0 Å². The lowest BCUT2D eigenvalue weighted by Gasteiger charge is -2.21. The zero-order valence-corrected chi connectivity index (χ0v) is 77.0. The van der Waals surface area contributed by atoms with E-state index in [1.807, 2.05) is 158 Å². The number of phenols is 4. The molecule has 0 spiro atoms. The van der Waals surface area contributed by atoms with Gasteiger partial charge < -0.3 is 41.7 Å². The number of halogens is 8. The van der Waals surface area contributed by atoms with Gasteiger partial charge in [0.2, 0.25) is 23.5 Å². The number of aromatic hydroxyl groups is 4. The van der Waals surface area contributed by atoms with Crippen LogP contribution < -0.4 is 21.3 Å². The quantitative estimate of drug-likeness (QED) is 0.0128. The average molecular weight is 1980 g/mol. The van der Waals surface area contributed by atoms with E-state index in [4.69, 9.17) is 34.9 Å². The maximum Gasteiger partial charge on any atom is 0.256 e. The van der Waals surface area contributed by atoms with Crippen LogP contribution in [0.2, 0.25) is 0 Å². The van der Waals surface area contributed by atoms with Gasteiger partial charge in [-0.2, -0.15) is 0 Å². The highest BCUT2D eigenvalue weighted by Gasteiger charge is 2.32. The molecule has 28 heteroatoms. The summed E-state index contributed by atoms with van der Waals surface area (Å²) >= 11 is 2.26. The molecular weight excluding hydrogens is 1890 g/mol. The van der Waals surface area contributed by atoms with E-state index in [1.165, 1.54) is 17.2 Å². The number of benzene rings is 12. The molecule has 4 aliphatic carbocycles. The number of fused-ring (bicyclic) bond motifs is 12. The standard InChI is InChI=1S/C28H20F5N3O2.C28H23F2N3O2.C28H24IN3O2.C27H23N3O2/c29-22-18(23(30)25(32)26(33)24(22)31)13-21(38)36-28-20(10-6-14-4-2-1-3-5-14)34-27-17-9-8-16(37)12-15(17)7-11-19(27)35-28;29-22-11-6-18(14-23(22)30)15-26(35)33-28-25(12-7-17-4-2-1-3-5-17)31-27-21-10-9-20(34)16-19(21)8-13-24(27)32-28;29-21-10-6-19(7-11-21)16-26(34)32-28-25(14-8-18-4-2-1-3-5-18)30-27-23-13-12-22(33)17-20(23)9-15-24(27)31-28;31-21-13-14-22-20(17-21)12-16-23-25(22)28-24(15-11-18-7-3-1-4-8-18)26(29-23)30-27(32)19-9-5-2-6-10-19/h1-5,8-9,12,37H,6-7,10-11,13H2,(H,35,36,38);1-6,9-11,14,16,34H,7-8,12-13,15H2,(H,32,33,35);1-7,10-13,17,33H,8-9,14-16H2,(H,31,32,34);1-10,13-14,17,31H,11-12,15-16H2,(H,29,30,32). The van der Waals surface area contributed by atoms with E-state index >= 15 is 0 Å². The van der Waals surface area contributed by atoms with E-state index in [1.54, 1.807) is 66.7 Å². The second-order valence-corrected chi connectivity index (χ2v) is 35.2. The van der Waals surface area contributed by atoms with Crippen molar-refractivity contribution in [2.24, 2.45) is 0 Å². The molecule has 0 saturated heterocycles. The summed E-state index contributed by atoms with van der Waals surface area (Å²) in [7, 11) is 0. The lowest BCUT2D eigenvalue weighted by molar-refractivity contribution is -0.116. The first-order valence-electron chi connectivity index (χ1n) is 45.4. The fourth-order valence-corrected chi connectivity index (χ4v) is 17.6. The van der Waals surface area contributed by atoms with Gasteiger partial charge in [-0.15, -0.1) is 0 Å². The summed E-state index contributed by atoms with van der Waals surface area (Å²) in [5, 5.41) is 50.8. The van der Waals surface area contributed by atoms with Crippen LogP contribution in [0, 0.1) is 44.3 Å². The minimum absolute atomic E-state index is 0.0516. The van der Waals surface area contributed by atoms with Gasteiger partial charge in [0.05, 0.1) is 87.6 Å². The normalized spacial score (nSPS) is 12.1. The van der Waals surface area contributed by atoms with Gasteiger partial charge in [0.25, 0.3) is 5.91 Å². The monoisotopic (exact) mass is 1980 g/mol. The third kappa shape index (κ3) is 23.3. The van der Waals surface area contributed by atoms with Crippen molar-refractivity contribution in [3.05, 3.63) is 424 Å². The highest BCUT2D eigenvalue weighted by molar-refractivity contribution is 14.1. The Morgan fingerprint density at radius 2 is 0.561 bits per heavy atom. The predicted molar refractivity (Wildman–Crippen MR) is 525 cm³/mol. The Bertz CT molecular complexity index is 7280. The number of hydrogen-bond donors (Lipinski definition) is 8. The van der Waals surface area contributed by atoms with Crippen molar-refractivity contribution in [1.29, 1.82) is 0 Å². The van der Waals surface area contributed by atoms with Gasteiger partial charge in [-0.25, -0.2) is 70.6 Å². The summed E-state index contributed by atoms with van der Waals surface area (Å²) in [4.78, 5) is 90.0. The number of carbonyl (C=O) groups excluding carboxylic acids is 4. The first-order valence-corrected chi connectivity index (χ1v) is 46.5. The number of aryl methyl sites for hydroxylation is 16. The van der Waals surface area contributed by atoms with Crippen LogP contribution in [0.15, 0.2) is 267 Å². The molecule has 0 bridgehead atoms. The largest absolute Gasteiger partial charge is 0.508 e. The molecule has 0 unspecified atom stereocenters. The van der Waals surface area contributed by atoms with E-state index in [0.29, 0.717) is 122 Å². The number of phenolic OH excluding ortho intramolecular Hbond substituents is 4. The maximum absolute atomic E-state index is 14.1. The number of hydrogen-bond acceptors (Lipinski definition) is 16. The molecule has 20 rings (SSSR count). The molecule has 0 atom stereocenters. The molecule has 0 saturated carbocycles. The van der Waals surface area contributed by atoms with Crippen LogP contribution in [0.5, 0.6) is 23.0 Å². The van der Waals surface area contributed by atoms with Gasteiger partial charge >= 0.3 is 0 Å². The molecule has 0 fully saturated rings. The molecule has 16 aromatic rings. The Morgan fingerprint density at radius 3 is 0.885 bits per heavy atom. The van der Waals surface area contributed by atoms with E-state index in [-0.39, 0.29) is 59.4 Å². The molecule has 0 aliphatic heterocycles. The molecule has 698 valence electrons. The van der Waals surface area contributed by atoms with E-state index < -0.39 is 58.6 Å². The fraction of sp³-hybridized carbons (Fsp3) is 0.171. The van der Waals surface area contributed by atoms with Crippen LogP contribution >= 0.6 is 22.6 Å². The van der Waals surface area contributed by atoms with Crippen LogP contribution in [0.3, 0.4) is 0 Å². The fourth-order valence-electron chi connectivity index (χ4n) is 17.3. The van der Waals surface area contributed by atoms with Crippen molar-refractivity contribution in [2.45, 2.75) is 122 Å². The Morgan fingerprint density at radius 1 is 0.273 bits per heavy atom. The average Bonchev–Trinajstić information content (AvgIpc) is 0.783. The molecule has 0 radical (unpaired) electrons. The molecular formula is C111H90F7IN12O8. The van der Waals surface area contributed by atoms with Crippen LogP contribution in [0.25, 0.3) is 45.0 Å². The van der Waals surface area contributed by atoms with E-state index in [9.17, 15) is 70.3 Å². The van der Waals surface area contributed by atoms with Crippen molar-refractivity contribution < 1.29 is 70.3 Å². The summed E-state index contributed by atoms with van der Waals surface area (Å²) in [6.45, 7) is 0. The summed E-state index contributed by atoms with van der Waals surface area (Å²) in [5.74, 6) is -11.9. The van der Waals surface area contributed by atoms with Gasteiger partial charge in [0.1, 0.15) is 23.0 Å². The first kappa shape index (κ1) is 95.0. The molecule has 4 aromatic heterocycles. The Hall–Kier alpha value is -15.7. The number of nitrogens with zero attached hydrogens (tertiary/aromatic N) is 8. The molecule has 4 aliphatic rings. The minimum atomic E-state index is -2.29. The van der Waals surface area contributed by atoms with Crippen LogP contribution in [0.4, 0.5) is 54.0 Å². The summed E-state index contributed by atoms with van der Waals surface area (Å²) in [6, 6.07) is 81.4. The van der Waals surface area contributed by atoms with Gasteiger partial charge in [0, 0.05) is 37.0 Å². The van der Waals surface area contributed by atoms with Crippen molar-refractivity contribution in [2.75, 3.05) is 21.3 Å². The smallest absolute Gasteiger partial charge is 0.256 e. The minimum Gasteiger partial charge on any atom is -0.508 e. The number of carbonyl (C=O) groups is 4. The summed E-state index contributed by atoms with van der Waals surface area (Å²) in [6.07, 6.45) is 9.49. The maximum atomic E-state index is 14.1. The van der Waals surface area contributed by atoms with Gasteiger partial charge in [0.15, 0.2) is 58.2 Å². The Kier molecular flexibility index (Phi) is 29.8. The number of nitrogens with one attached hydrogen (secondary N) is 4. The van der Waals surface area contributed by atoms with Crippen LogP contribution in [-0.4, -0.2) is 83.9 Å². The zero-order valence-electron chi connectivity index (χ0n) is 74.9. The SMILES string of the molecule is O=C(Cc1c(F)c(F)c(F)c(F)c1F)Nc1nc2c(nc1CCc1ccccc1)-c1ccc(O)cc1CC2.O=C(Cc1ccc(F)c(F)c1)Nc1nc2c(nc1CCc1ccccc1)-c1ccc(O)cc1CC2.O=C(Cc1ccc(I)cc1)Nc1nc2c(nc1CCc1ccccc1)-c1ccc(O)cc1CC2.O=C(Nc1nc2c(nc1CCc1ccccc1)-c1ccc(O)cc1CC2)c1ccccc1. The van der Waals surface area contributed by atoms with Crippen LogP contribution in [-0.2, 0) is 136 Å². The van der Waals surface area contributed by atoms with E-state index in [0.717, 1.165) is 155 Å². The lowest BCUT2D eigenvalue weighted by atomic mass is 9.91. The summed E-state index contributed by atoms with van der Waals surface area (Å²) in [5.41, 5.74) is 21.7. The van der Waals surface area contributed by atoms with Crippen molar-refractivity contribution >= 4 is 69.5 Å². The number of amides is 4. The zero-order chi connectivity index (χ0) is 96.7.